The Bertz CT molecular complexity index is 583. The fraction of sp³-hybridized carbons (Fsp3) is 0.533. The van der Waals surface area contributed by atoms with Crippen LogP contribution in [0.3, 0.4) is 0 Å². The Balaban J connectivity index is 1.82. The molecular formula is C15H22N2O4S. The molecule has 22 heavy (non-hydrogen) atoms. The molecule has 6 nitrogen and oxygen atoms in total. The Labute approximate surface area is 131 Å². The van der Waals surface area contributed by atoms with E-state index in [2.05, 4.69) is 4.72 Å². The van der Waals surface area contributed by atoms with E-state index in [-0.39, 0.29) is 19.1 Å². The molecule has 1 amide bonds. The second-order valence-electron chi connectivity index (χ2n) is 5.45. The molecule has 1 aromatic rings. The molecule has 1 aliphatic heterocycles. The second-order valence-corrected chi connectivity index (χ2v) is 7.22. The van der Waals surface area contributed by atoms with Crippen LogP contribution in [-0.2, 0) is 26.3 Å². The van der Waals surface area contributed by atoms with Crippen molar-refractivity contribution >= 4 is 16.1 Å². The van der Waals surface area contributed by atoms with Crippen molar-refractivity contribution in [1.29, 1.82) is 0 Å². The molecule has 1 aromatic carbocycles. The first-order valence-electron chi connectivity index (χ1n) is 7.40. The van der Waals surface area contributed by atoms with Gasteiger partial charge in [-0.1, -0.05) is 30.3 Å². The van der Waals surface area contributed by atoms with Crippen LogP contribution in [0.2, 0.25) is 0 Å². The minimum Gasteiger partial charge on any atom is -0.378 e. The van der Waals surface area contributed by atoms with Crippen molar-refractivity contribution in [2.75, 3.05) is 13.7 Å². The standard InChI is InChI=1S/C15H22N2O4S/c1-17(12-13-6-3-2-4-7-13)22(19,20)16-15(18)10-9-14-8-5-11-21-14/h2-4,6-7,14H,5,8-12H2,1H3,(H,16,18)/t14-/m1/s1. The summed E-state index contributed by atoms with van der Waals surface area (Å²) in [7, 11) is -2.36. The van der Waals surface area contributed by atoms with Crippen LogP contribution in [0.25, 0.3) is 0 Å². The number of rotatable bonds is 7. The van der Waals surface area contributed by atoms with Gasteiger partial charge in [0, 0.05) is 26.6 Å². The third-order valence-corrected chi connectivity index (χ3v) is 5.05. The SMILES string of the molecule is CN(Cc1ccccc1)S(=O)(=O)NC(=O)CC[C@H]1CCCO1. The Kier molecular flexibility index (Phi) is 5.93. The van der Waals surface area contributed by atoms with Crippen LogP contribution in [-0.4, -0.2) is 38.4 Å². The molecule has 0 aromatic heterocycles. The van der Waals surface area contributed by atoms with E-state index in [1.165, 1.54) is 7.05 Å². The highest BCUT2D eigenvalue weighted by Gasteiger charge is 2.22. The van der Waals surface area contributed by atoms with Gasteiger partial charge >= 0.3 is 10.2 Å². The lowest BCUT2D eigenvalue weighted by molar-refractivity contribution is -0.120. The average molecular weight is 326 g/mol. The summed E-state index contributed by atoms with van der Waals surface area (Å²) in [5, 5.41) is 0. The van der Waals surface area contributed by atoms with Crippen LogP contribution in [0.1, 0.15) is 31.2 Å². The van der Waals surface area contributed by atoms with E-state index in [0.29, 0.717) is 6.42 Å². The number of hydrogen-bond donors (Lipinski definition) is 1. The monoisotopic (exact) mass is 326 g/mol. The molecule has 0 unspecified atom stereocenters. The molecule has 0 aliphatic carbocycles. The fourth-order valence-electron chi connectivity index (χ4n) is 2.36. The van der Waals surface area contributed by atoms with Crippen LogP contribution >= 0.6 is 0 Å². The number of hydrogen-bond acceptors (Lipinski definition) is 4. The summed E-state index contributed by atoms with van der Waals surface area (Å²) in [5.74, 6) is -0.490. The van der Waals surface area contributed by atoms with Gasteiger partial charge in [-0.05, 0) is 24.8 Å². The fourth-order valence-corrected chi connectivity index (χ4v) is 3.23. The van der Waals surface area contributed by atoms with Crippen molar-refractivity contribution < 1.29 is 17.9 Å². The highest BCUT2D eigenvalue weighted by atomic mass is 32.2. The van der Waals surface area contributed by atoms with Crippen molar-refractivity contribution in [1.82, 2.24) is 9.03 Å². The molecule has 1 heterocycles. The Morgan fingerprint density at radius 3 is 2.73 bits per heavy atom. The largest absolute Gasteiger partial charge is 0.378 e. The number of ether oxygens (including phenoxy) is 1. The van der Waals surface area contributed by atoms with Crippen molar-refractivity contribution in [3.63, 3.8) is 0 Å². The molecule has 1 N–H and O–H groups in total. The zero-order valence-electron chi connectivity index (χ0n) is 12.7. The Hall–Kier alpha value is -1.44. The molecule has 0 spiro atoms. The van der Waals surface area contributed by atoms with Crippen LogP contribution in [0.5, 0.6) is 0 Å². The molecule has 1 saturated heterocycles. The molecule has 2 rings (SSSR count). The summed E-state index contributed by atoms with van der Waals surface area (Å²) in [6.07, 6.45) is 2.74. The van der Waals surface area contributed by atoms with Gasteiger partial charge in [0.1, 0.15) is 0 Å². The maximum atomic E-state index is 12.1. The lowest BCUT2D eigenvalue weighted by atomic mass is 10.1. The lowest BCUT2D eigenvalue weighted by Crippen LogP contribution is -2.41. The molecule has 1 aliphatic rings. The zero-order valence-corrected chi connectivity index (χ0v) is 13.5. The van der Waals surface area contributed by atoms with Gasteiger partial charge in [0.15, 0.2) is 0 Å². The van der Waals surface area contributed by atoms with Gasteiger partial charge in [0.05, 0.1) is 6.10 Å². The van der Waals surface area contributed by atoms with E-state index in [9.17, 15) is 13.2 Å². The summed E-state index contributed by atoms with van der Waals surface area (Å²) in [6, 6.07) is 9.23. The summed E-state index contributed by atoms with van der Waals surface area (Å²) in [4.78, 5) is 11.8. The molecule has 0 saturated carbocycles. The normalized spacial score (nSPS) is 18.5. The third kappa shape index (κ3) is 5.08. The summed E-state index contributed by atoms with van der Waals surface area (Å²) in [5.41, 5.74) is 0.863. The lowest BCUT2D eigenvalue weighted by Gasteiger charge is -2.18. The number of carbonyl (C=O) groups excluding carboxylic acids is 1. The molecule has 122 valence electrons. The molecular weight excluding hydrogens is 304 g/mol. The van der Waals surface area contributed by atoms with E-state index >= 15 is 0 Å². The summed E-state index contributed by atoms with van der Waals surface area (Å²) < 4.78 is 32.9. The molecule has 0 bridgehead atoms. The van der Waals surface area contributed by atoms with Gasteiger partial charge in [0.25, 0.3) is 0 Å². The van der Waals surface area contributed by atoms with Gasteiger partial charge in [-0.25, -0.2) is 4.72 Å². The molecule has 0 radical (unpaired) electrons. The van der Waals surface area contributed by atoms with Crippen molar-refractivity contribution in [2.45, 2.75) is 38.3 Å². The van der Waals surface area contributed by atoms with E-state index in [1.54, 1.807) is 0 Å². The van der Waals surface area contributed by atoms with Gasteiger partial charge in [-0.15, -0.1) is 0 Å². The van der Waals surface area contributed by atoms with Crippen molar-refractivity contribution in [3.05, 3.63) is 35.9 Å². The zero-order chi connectivity index (χ0) is 16.0. The van der Waals surface area contributed by atoms with Crippen molar-refractivity contribution in [3.8, 4) is 0 Å². The van der Waals surface area contributed by atoms with E-state index in [4.69, 9.17) is 4.74 Å². The van der Waals surface area contributed by atoms with Gasteiger partial charge in [-0.3, -0.25) is 4.79 Å². The van der Waals surface area contributed by atoms with Gasteiger partial charge in [0.2, 0.25) is 5.91 Å². The smallest absolute Gasteiger partial charge is 0.303 e. The number of benzene rings is 1. The predicted octanol–water partition coefficient (Wildman–Crippen LogP) is 1.44. The highest BCUT2D eigenvalue weighted by molar-refractivity contribution is 7.87. The first kappa shape index (κ1) is 16.9. The summed E-state index contributed by atoms with van der Waals surface area (Å²) in [6.45, 7) is 0.944. The maximum absolute atomic E-state index is 12.1. The number of nitrogens with zero attached hydrogens (tertiary/aromatic N) is 1. The van der Waals surface area contributed by atoms with E-state index in [0.717, 1.165) is 29.3 Å². The minimum absolute atomic E-state index is 0.0792. The summed E-state index contributed by atoms with van der Waals surface area (Å²) >= 11 is 0. The molecule has 1 fully saturated rings. The van der Waals surface area contributed by atoms with Crippen LogP contribution < -0.4 is 4.72 Å². The highest BCUT2D eigenvalue weighted by Crippen LogP contribution is 2.16. The van der Waals surface area contributed by atoms with Crippen molar-refractivity contribution in [2.24, 2.45) is 0 Å². The molecule has 7 heteroatoms. The van der Waals surface area contributed by atoms with E-state index in [1.807, 2.05) is 30.3 Å². The number of amides is 1. The molecule has 1 atom stereocenters. The first-order chi connectivity index (χ1) is 10.5. The van der Waals surface area contributed by atoms with Gasteiger partial charge in [-0.2, -0.15) is 12.7 Å². The quantitative estimate of drug-likeness (QED) is 0.822. The topological polar surface area (TPSA) is 75.7 Å². The average Bonchev–Trinajstić information content (AvgIpc) is 2.99. The predicted molar refractivity (Wildman–Crippen MR) is 83.2 cm³/mol. The Morgan fingerprint density at radius 2 is 2.09 bits per heavy atom. The minimum atomic E-state index is -3.81. The Morgan fingerprint density at radius 1 is 1.36 bits per heavy atom. The number of nitrogens with one attached hydrogen (secondary N) is 1. The van der Waals surface area contributed by atoms with Gasteiger partial charge < -0.3 is 4.74 Å². The third-order valence-electron chi connectivity index (χ3n) is 3.62. The van der Waals surface area contributed by atoms with Crippen LogP contribution in [0.15, 0.2) is 30.3 Å². The second kappa shape index (κ2) is 7.71. The van der Waals surface area contributed by atoms with Crippen LogP contribution in [0, 0.1) is 0 Å². The maximum Gasteiger partial charge on any atom is 0.303 e. The van der Waals surface area contributed by atoms with E-state index < -0.39 is 16.1 Å². The van der Waals surface area contributed by atoms with Crippen LogP contribution in [0.4, 0.5) is 0 Å². The number of carbonyl (C=O) groups is 1. The first-order valence-corrected chi connectivity index (χ1v) is 8.84.